The fourth-order valence-corrected chi connectivity index (χ4v) is 1.19. The average molecular weight is 191 g/mol. The van der Waals surface area contributed by atoms with Crippen LogP contribution in [0.4, 0.5) is 0 Å². The van der Waals surface area contributed by atoms with E-state index in [9.17, 15) is 14.4 Å². The molecule has 1 aromatic rings. The molecule has 1 amide bonds. The number of rotatable bonds is 4. The van der Waals surface area contributed by atoms with Crippen LogP contribution in [0.5, 0.6) is 0 Å². The highest BCUT2D eigenvalue weighted by atomic mass is 16.1. The Morgan fingerprint density at radius 2 is 1.79 bits per heavy atom. The number of nitrogens with two attached hydrogens (primary N) is 1. The van der Waals surface area contributed by atoms with E-state index in [1.54, 1.807) is 12.1 Å². The van der Waals surface area contributed by atoms with E-state index in [1.807, 2.05) is 0 Å². The van der Waals surface area contributed by atoms with E-state index in [-0.39, 0.29) is 5.56 Å². The molecule has 72 valence electrons. The molecule has 0 spiro atoms. The topological polar surface area (TPSA) is 77.2 Å². The minimum Gasteiger partial charge on any atom is -0.366 e. The fourth-order valence-electron chi connectivity index (χ4n) is 1.19. The summed E-state index contributed by atoms with van der Waals surface area (Å²) in [5, 5.41) is 0. The second-order valence-electron chi connectivity index (χ2n) is 2.75. The number of primary amides is 1. The van der Waals surface area contributed by atoms with Crippen molar-refractivity contribution in [2.45, 2.75) is 5.92 Å². The summed E-state index contributed by atoms with van der Waals surface area (Å²) >= 11 is 0. The summed E-state index contributed by atoms with van der Waals surface area (Å²) in [6.45, 7) is 0. The first-order valence-corrected chi connectivity index (χ1v) is 4.00. The molecule has 1 aromatic carbocycles. The van der Waals surface area contributed by atoms with Gasteiger partial charge in [-0.25, -0.2) is 0 Å². The minimum atomic E-state index is -0.918. The standard InChI is InChI=1S/C10H9NO3/c11-10(14)9-4-2-1-3-8(9)7(5-12)6-13/h1-7H,(H2,11,14). The van der Waals surface area contributed by atoms with Crippen LogP contribution in [0.15, 0.2) is 24.3 Å². The molecule has 4 heteroatoms. The van der Waals surface area contributed by atoms with Gasteiger partial charge in [-0.05, 0) is 11.6 Å². The van der Waals surface area contributed by atoms with Crippen molar-refractivity contribution in [2.75, 3.05) is 0 Å². The van der Waals surface area contributed by atoms with E-state index in [2.05, 4.69) is 0 Å². The van der Waals surface area contributed by atoms with Gasteiger partial charge in [0.2, 0.25) is 5.91 Å². The van der Waals surface area contributed by atoms with Gasteiger partial charge in [0, 0.05) is 5.56 Å². The quantitative estimate of drug-likeness (QED) is 0.548. The minimum absolute atomic E-state index is 0.205. The summed E-state index contributed by atoms with van der Waals surface area (Å²) in [6, 6.07) is 6.28. The largest absolute Gasteiger partial charge is 0.366 e. The van der Waals surface area contributed by atoms with Crippen LogP contribution in [0, 0.1) is 0 Å². The van der Waals surface area contributed by atoms with Gasteiger partial charge in [-0.2, -0.15) is 0 Å². The lowest BCUT2D eigenvalue weighted by Gasteiger charge is -2.06. The van der Waals surface area contributed by atoms with Crippen LogP contribution in [-0.4, -0.2) is 18.5 Å². The number of carbonyl (C=O) groups is 3. The molecule has 4 nitrogen and oxygen atoms in total. The van der Waals surface area contributed by atoms with Gasteiger partial charge in [-0.3, -0.25) is 4.79 Å². The van der Waals surface area contributed by atoms with Gasteiger partial charge in [0.15, 0.2) is 0 Å². The molecular formula is C10H9NO3. The predicted molar refractivity (Wildman–Crippen MR) is 49.8 cm³/mol. The summed E-state index contributed by atoms with van der Waals surface area (Å²) in [7, 11) is 0. The van der Waals surface area contributed by atoms with E-state index in [0.29, 0.717) is 18.1 Å². The van der Waals surface area contributed by atoms with Crippen molar-refractivity contribution in [1.29, 1.82) is 0 Å². The maximum atomic E-state index is 10.9. The van der Waals surface area contributed by atoms with Crippen molar-refractivity contribution < 1.29 is 14.4 Å². The summed E-state index contributed by atoms with van der Waals surface area (Å²) in [4.78, 5) is 32.0. The monoisotopic (exact) mass is 191 g/mol. The summed E-state index contributed by atoms with van der Waals surface area (Å²) < 4.78 is 0. The highest BCUT2D eigenvalue weighted by molar-refractivity contribution is 5.98. The van der Waals surface area contributed by atoms with E-state index in [4.69, 9.17) is 5.73 Å². The molecule has 2 N–H and O–H groups in total. The first kappa shape index (κ1) is 10.1. The van der Waals surface area contributed by atoms with Crippen molar-refractivity contribution in [3.63, 3.8) is 0 Å². The van der Waals surface area contributed by atoms with Crippen LogP contribution in [0.25, 0.3) is 0 Å². The third kappa shape index (κ3) is 1.85. The Morgan fingerprint density at radius 3 is 2.29 bits per heavy atom. The van der Waals surface area contributed by atoms with Crippen LogP contribution in [0.1, 0.15) is 21.8 Å². The first-order chi connectivity index (χ1) is 6.70. The lowest BCUT2D eigenvalue weighted by molar-refractivity contribution is -0.116. The highest BCUT2D eigenvalue weighted by Gasteiger charge is 2.15. The van der Waals surface area contributed by atoms with Gasteiger partial charge in [0.25, 0.3) is 0 Å². The summed E-state index contributed by atoms with van der Waals surface area (Å²) in [6.07, 6.45) is 0.962. The molecule has 0 aromatic heterocycles. The second-order valence-corrected chi connectivity index (χ2v) is 2.75. The Balaban J connectivity index is 3.24. The molecule has 0 aliphatic heterocycles. The number of amides is 1. The maximum Gasteiger partial charge on any atom is 0.249 e. The van der Waals surface area contributed by atoms with Crippen LogP contribution in [0.2, 0.25) is 0 Å². The fraction of sp³-hybridized carbons (Fsp3) is 0.100. The zero-order valence-corrected chi connectivity index (χ0v) is 7.34. The van der Waals surface area contributed by atoms with Crippen LogP contribution in [-0.2, 0) is 9.59 Å². The predicted octanol–water partition coefficient (Wildman–Crippen LogP) is 0.267. The highest BCUT2D eigenvalue weighted by Crippen LogP contribution is 2.16. The molecule has 0 radical (unpaired) electrons. The second kappa shape index (κ2) is 4.32. The molecule has 1 rings (SSSR count). The normalized spacial score (nSPS) is 9.79. The van der Waals surface area contributed by atoms with Crippen LogP contribution in [0.3, 0.4) is 0 Å². The Morgan fingerprint density at radius 1 is 1.21 bits per heavy atom. The zero-order chi connectivity index (χ0) is 10.6. The van der Waals surface area contributed by atoms with Gasteiger partial charge < -0.3 is 15.3 Å². The smallest absolute Gasteiger partial charge is 0.249 e. The van der Waals surface area contributed by atoms with Gasteiger partial charge >= 0.3 is 0 Å². The zero-order valence-electron chi connectivity index (χ0n) is 7.34. The molecule has 0 atom stereocenters. The Bertz CT molecular complexity index is 365. The van der Waals surface area contributed by atoms with Crippen molar-refractivity contribution >= 4 is 18.5 Å². The third-order valence-corrected chi connectivity index (χ3v) is 1.88. The number of carbonyl (C=O) groups excluding carboxylic acids is 3. The molecule has 0 aliphatic rings. The summed E-state index contributed by atoms with van der Waals surface area (Å²) in [5.41, 5.74) is 5.65. The van der Waals surface area contributed by atoms with E-state index in [1.165, 1.54) is 12.1 Å². The molecule has 0 bridgehead atoms. The SMILES string of the molecule is NC(=O)c1ccccc1C(C=O)C=O. The van der Waals surface area contributed by atoms with Crippen molar-refractivity contribution in [2.24, 2.45) is 5.73 Å². The Hall–Kier alpha value is -1.97. The maximum absolute atomic E-state index is 10.9. The van der Waals surface area contributed by atoms with E-state index >= 15 is 0 Å². The first-order valence-electron chi connectivity index (χ1n) is 4.00. The molecule has 0 saturated heterocycles. The molecule has 14 heavy (non-hydrogen) atoms. The average Bonchev–Trinajstić information content (AvgIpc) is 2.20. The van der Waals surface area contributed by atoms with Gasteiger partial charge in [-0.15, -0.1) is 0 Å². The number of hydrogen-bond acceptors (Lipinski definition) is 3. The van der Waals surface area contributed by atoms with Gasteiger partial charge in [0.05, 0.1) is 5.92 Å². The van der Waals surface area contributed by atoms with E-state index in [0.717, 1.165) is 0 Å². The Labute approximate surface area is 80.7 Å². The molecular weight excluding hydrogens is 182 g/mol. The molecule has 0 aliphatic carbocycles. The van der Waals surface area contributed by atoms with Crippen LogP contribution < -0.4 is 5.73 Å². The lowest BCUT2D eigenvalue weighted by atomic mass is 9.96. The van der Waals surface area contributed by atoms with E-state index < -0.39 is 11.8 Å². The third-order valence-electron chi connectivity index (χ3n) is 1.88. The molecule has 0 heterocycles. The number of benzene rings is 1. The lowest BCUT2D eigenvalue weighted by Crippen LogP contribution is -2.16. The Kier molecular flexibility index (Phi) is 3.12. The van der Waals surface area contributed by atoms with Gasteiger partial charge in [-0.1, -0.05) is 18.2 Å². The molecule has 0 unspecified atom stereocenters. The van der Waals surface area contributed by atoms with Crippen molar-refractivity contribution in [3.05, 3.63) is 35.4 Å². The molecule has 0 saturated carbocycles. The number of aldehydes is 2. The molecule has 0 fully saturated rings. The van der Waals surface area contributed by atoms with Crippen LogP contribution >= 0.6 is 0 Å². The number of hydrogen-bond donors (Lipinski definition) is 1. The van der Waals surface area contributed by atoms with Crippen molar-refractivity contribution in [3.8, 4) is 0 Å². The van der Waals surface area contributed by atoms with Gasteiger partial charge in [0.1, 0.15) is 12.6 Å². The summed E-state index contributed by atoms with van der Waals surface area (Å²) in [5.74, 6) is -1.56. The van der Waals surface area contributed by atoms with Crippen molar-refractivity contribution in [1.82, 2.24) is 0 Å².